The standard InChI is InChI=1S/C15H27N3O/c1-12(2)8-16-9-14-6-7-15(17-10-14)18(4)13(3)11-19-5/h6-7,10,12-13,16H,8-9,11H2,1-5H3. The molecule has 0 bridgehead atoms. The highest BCUT2D eigenvalue weighted by atomic mass is 16.5. The van der Waals surface area contributed by atoms with Gasteiger partial charge in [0.25, 0.3) is 0 Å². The van der Waals surface area contributed by atoms with Crippen molar-refractivity contribution in [1.29, 1.82) is 0 Å². The zero-order chi connectivity index (χ0) is 14.3. The number of ether oxygens (including phenoxy) is 1. The summed E-state index contributed by atoms with van der Waals surface area (Å²) in [5.74, 6) is 1.66. The van der Waals surface area contributed by atoms with Gasteiger partial charge in [-0.25, -0.2) is 4.98 Å². The van der Waals surface area contributed by atoms with Crippen molar-refractivity contribution < 1.29 is 4.74 Å². The summed E-state index contributed by atoms with van der Waals surface area (Å²) in [6.07, 6.45) is 1.94. The third kappa shape index (κ3) is 5.57. The van der Waals surface area contributed by atoms with Crippen LogP contribution in [0.3, 0.4) is 0 Å². The van der Waals surface area contributed by atoms with Gasteiger partial charge in [0.1, 0.15) is 5.82 Å². The largest absolute Gasteiger partial charge is 0.383 e. The molecule has 1 rings (SSSR count). The van der Waals surface area contributed by atoms with Crippen molar-refractivity contribution >= 4 is 5.82 Å². The van der Waals surface area contributed by atoms with E-state index in [1.165, 1.54) is 5.56 Å². The van der Waals surface area contributed by atoms with Crippen LogP contribution in [0.5, 0.6) is 0 Å². The maximum atomic E-state index is 5.17. The Hall–Kier alpha value is -1.13. The molecule has 0 saturated carbocycles. The summed E-state index contributed by atoms with van der Waals surface area (Å²) in [5, 5.41) is 3.42. The fraction of sp³-hybridized carbons (Fsp3) is 0.667. The molecule has 19 heavy (non-hydrogen) atoms. The van der Waals surface area contributed by atoms with Crippen LogP contribution in [0.15, 0.2) is 18.3 Å². The molecule has 1 aromatic rings. The molecule has 0 fully saturated rings. The van der Waals surface area contributed by atoms with Gasteiger partial charge in [0.2, 0.25) is 0 Å². The Bertz CT molecular complexity index is 351. The molecule has 0 amide bonds. The van der Waals surface area contributed by atoms with Gasteiger partial charge in [0.05, 0.1) is 12.6 Å². The maximum Gasteiger partial charge on any atom is 0.128 e. The second-order valence-electron chi connectivity index (χ2n) is 5.46. The van der Waals surface area contributed by atoms with Gasteiger partial charge < -0.3 is 15.0 Å². The van der Waals surface area contributed by atoms with E-state index in [0.29, 0.717) is 18.6 Å². The molecule has 1 N–H and O–H groups in total. The zero-order valence-electron chi connectivity index (χ0n) is 12.8. The van der Waals surface area contributed by atoms with Crippen molar-refractivity contribution in [3.63, 3.8) is 0 Å². The minimum atomic E-state index is 0.322. The number of anilines is 1. The van der Waals surface area contributed by atoms with Crippen molar-refractivity contribution in [2.24, 2.45) is 5.92 Å². The van der Waals surface area contributed by atoms with Crippen LogP contribution in [0.4, 0.5) is 5.82 Å². The average molecular weight is 265 g/mol. The first-order chi connectivity index (χ1) is 9.04. The molecule has 1 unspecified atom stereocenters. The van der Waals surface area contributed by atoms with E-state index in [1.807, 2.05) is 13.2 Å². The summed E-state index contributed by atoms with van der Waals surface area (Å²) in [7, 11) is 3.77. The quantitative estimate of drug-likeness (QED) is 0.782. The van der Waals surface area contributed by atoms with Gasteiger partial charge >= 0.3 is 0 Å². The summed E-state index contributed by atoms with van der Waals surface area (Å²) >= 11 is 0. The Labute approximate surface area is 117 Å². The van der Waals surface area contributed by atoms with E-state index in [2.05, 4.69) is 48.1 Å². The van der Waals surface area contributed by atoms with Crippen molar-refractivity contribution in [1.82, 2.24) is 10.3 Å². The van der Waals surface area contributed by atoms with Gasteiger partial charge in [0.15, 0.2) is 0 Å². The lowest BCUT2D eigenvalue weighted by atomic mass is 10.2. The predicted octanol–water partition coefficient (Wildman–Crippen LogP) is 2.30. The van der Waals surface area contributed by atoms with E-state index in [4.69, 9.17) is 4.74 Å². The molecule has 1 aromatic heterocycles. The third-order valence-electron chi connectivity index (χ3n) is 3.12. The Morgan fingerprint density at radius 3 is 2.58 bits per heavy atom. The van der Waals surface area contributed by atoms with Crippen LogP contribution in [0.1, 0.15) is 26.3 Å². The van der Waals surface area contributed by atoms with E-state index < -0.39 is 0 Å². The molecule has 1 atom stereocenters. The fourth-order valence-electron chi connectivity index (χ4n) is 1.81. The molecule has 0 aliphatic heterocycles. The number of rotatable bonds is 8. The number of likely N-dealkylation sites (N-methyl/N-ethyl adjacent to an activating group) is 1. The van der Waals surface area contributed by atoms with E-state index in [0.717, 1.165) is 18.9 Å². The molecule has 0 spiro atoms. The lowest BCUT2D eigenvalue weighted by Gasteiger charge is -2.25. The molecule has 0 saturated heterocycles. The smallest absolute Gasteiger partial charge is 0.128 e. The second kappa shape index (κ2) is 8.12. The molecular weight excluding hydrogens is 238 g/mol. The molecule has 0 aliphatic rings. The number of hydrogen-bond donors (Lipinski definition) is 1. The number of hydrogen-bond acceptors (Lipinski definition) is 4. The highest BCUT2D eigenvalue weighted by Crippen LogP contribution is 2.12. The first kappa shape index (κ1) is 15.9. The molecule has 0 aromatic carbocycles. The molecule has 4 heteroatoms. The summed E-state index contributed by atoms with van der Waals surface area (Å²) in [6, 6.07) is 4.52. The summed E-state index contributed by atoms with van der Waals surface area (Å²) < 4.78 is 5.17. The average Bonchev–Trinajstić information content (AvgIpc) is 2.38. The maximum absolute atomic E-state index is 5.17. The van der Waals surface area contributed by atoms with Crippen molar-refractivity contribution in [3.05, 3.63) is 23.9 Å². The number of methoxy groups -OCH3 is 1. The normalized spacial score (nSPS) is 12.7. The molecule has 0 radical (unpaired) electrons. The van der Waals surface area contributed by atoms with Crippen LogP contribution in [-0.4, -0.2) is 38.3 Å². The number of nitrogens with zero attached hydrogens (tertiary/aromatic N) is 2. The minimum Gasteiger partial charge on any atom is -0.383 e. The third-order valence-corrected chi connectivity index (χ3v) is 3.12. The zero-order valence-corrected chi connectivity index (χ0v) is 12.8. The predicted molar refractivity (Wildman–Crippen MR) is 80.5 cm³/mol. The molecule has 108 valence electrons. The minimum absolute atomic E-state index is 0.322. The molecule has 0 aliphatic carbocycles. The van der Waals surface area contributed by atoms with Crippen LogP contribution in [0.2, 0.25) is 0 Å². The first-order valence-electron chi connectivity index (χ1n) is 6.92. The topological polar surface area (TPSA) is 37.4 Å². The van der Waals surface area contributed by atoms with Crippen molar-refractivity contribution in [3.8, 4) is 0 Å². The highest BCUT2D eigenvalue weighted by molar-refractivity contribution is 5.39. The summed E-state index contributed by atoms with van der Waals surface area (Å²) in [5.41, 5.74) is 1.22. The Kier molecular flexibility index (Phi) is 6.81. The van der Waals surface area contributed by atoms with Crippen LogP contribution < -0.4 is 10.2 Å². The van der Waals surface area contributed by atoms with Crippen LogP contribution in [0.25, 0.3) is 0 Å². The molecule has 1 heterocycles. The van der Waals surface area contributed by atoms with Crippen LogP contribution in [0, 0.1) is 5.92 Å². The summed E-state index contributed by atoms with van der Waals surface area (Å²) in [4.78, 5) is 6.64. The van der Waals surface area contributed by atoms with Gasteiger partial charge in [-0.2, -0.15) is 0 Å². The van der Waals surface area contributed by atoms with E-state index in [-0.39, 0.29) is 0 Å². The lowest BCUT2D eigenvalue weighted by molar-refractivity contribution is 0.183. The lowest BCUT2D eigenvalue weighted by Crippen LogP contribution is -2.33. The van der Waals surface area contributed by atoms with Crippen molar-refractivity contribution in [2.75, 3.05) is 32.2 Å². The molecular formula is C15H27N3O. The Morgan fingerprint density at radius 1 is 1.32 bits per heavy atom. The SMILES string of the molecule is COCC(C)N(C)c1ccc(CNCC(C)C)cn1. The second-order valence-corrected chi connectivity index (χ2v) is 5.46. The van der Waals surface area contributed by atoms with E-state index >= 15 is 0 Å². The Balaban J connectivity index is 2.51. The van der Waals surface area contributed by atoms with Crippen molar-refractivity contribution in [2.45, 2.75) is 33.4 Å². The number of nitrogens with one attached hydrogen (secondary N) is 1. The fourth-order valence-corrected chi connectivity index (χ4v) is 1.81. The van der Waals surface area contributed by atoms with Gasteiger partial charge in [-0.1, -0.05) is 19.9 Å². The van der Waals surface area contributed by atoms with Crippen LogP contribution >= 0.6 is 0 Å². The van der Waals surface area contributed by atoms with Gasteiger partial charge in [-0.05, 0) is 31.0 Å². The van der Waals surface area contributed by atoms with E-state index in [9.17, 15) is 0 Å². The first-order valence-corrected chi connectivity index (χ1v) is 6.92. The van der Waals surface area contributed by atoms with Gasteiger partial charge in [-0.3, -0.25) is 0 Å². The van der Waals surface area contributed by atoms with E-state index in [1.54, 1.807) is 7.11 Å². The van der Waals surface area contributed by atoms with Gasteiger partial charge in [0, 0.05) is 26.9 Å². The summed E-state index contributed by atoms with van der Waals surface area (Å²) in [6.45, 7) is 9.16. The molecule has 4 nitrogen and oxygen atoms in total. The monoisotopic (exact) mass is 265 g/mol. The highest BCUT2D eigenvalue weighted by Gasteiger charge is 2.10. The van der Waals surface area contributed by atoms with Gasteiger partial charge in [-0.15, -0.1) is 0 Å². The number of pyridine rings is 1. The number of aromatic nitrogens is 1. The van der Waals surface area contributed by atoms with Crippen LogP contribution in [-0.2, 0) is 11.3 Å². The Morgan fingerprint density at radius 2 is 2.05 bits per heavy atom.